The second-order valence-corrected chi connectivity index (χ2v) is 7.38. The second-order valence-electron chi connectivity index (χ2n) is 7.38. The van der Waals surface area contributed by atoms with E-state index in [1.54, 1.807) is 30.3 Å². The van der Waals surface area contributed by atoms with E-state index >= 15 is 0 Å². The van der Waals surface area contributed by atoms with Gasteiger partial charge in [-0.15, -0.1) is 0 Å². The van der Waals surface area contributed by atoms with Gasteiger partial charge < -0.3 is 14.5 Å². The first-order chi connectivity index (χ1) is 14.7. The lowest BCUT2D eigenvalue weighted by molar-refractivity contribution is -0.116. The van der Waals surface area contributed by atoms with Gasteiger partial charge in [0.2, 0.25) is 5.91 Å². The predicted octanol–water partition coefficient (Wildman–Crippen LogP) is 4.49. The Morgan fingerprint density at radius 1 is 1.00 bits per heavy atom. The van der Waals surface area contributed by atoms with Crippen LogP contribution in [0.3, 0.4) is 0 Å². The van der Waals surface area contributed by atoms with Gasteiger partial charge >= 0.3 is 0 Å². The van der Waals surface area contributed by atoms with E-state index in [-0.39, 0.29) is 11.7 Å². The second kappa shape index (κ2) is 9.69. The van der Waals surface area contributed by atoms with Crippen LogP contribution in [0.25, 0.3) is 11.3 Å². The van der Waals surface area contributed by atoms with Crippen LogP contribution >= 0.6 is 0 Å². The highest BCUT2D eigenvalue weighted by Crippen LogP contribution is 2.25. The third kappa shape index (κ3) is 5.34. The normalized spacial score (nSPS) is 14.6. The Balaban J connectivity index is 1.26. The number of rotatable bonds is 7. The van der Waals surface area contributed by atoms with E-state index in [9.17, 15) is 9.18 Å². The Morgan fingerprint density at radius 3 is 2.53 bits per heavy atom. The molecule has 4 rings (SSSR count). The summed E-state index contributed by atoms with van der Waals surface area (Å²) in [5, 5.41) is 2.92. The zero-order valence-electron chi connectivity index (χ0n) is 16.8. The van der Waals surface area contributed by atoms with Gasteiger partial charge in [0.1, 0.15) is 17.3 Å². The van der Waals surface area contributed by atoms with Crippen molar-refractivity contribution in [1.29, 1.82) is 0 Å². The molecule has 1 N–H and O–H groups in total. The van der Waals surface area contributed by atoms with Crippen molar-refractivity contribution < 1.29 is 18.3 Å². The van der Waals surface area contributed by atoms with Crippen LogP contribution in [0.5, 0.6) is 0 Å². The average Bonchev–Trinajstić information content (AvgIpc) is 3.24. The lowest BCUT2D eigenvalue weighted by Crippen LogP contribution is -2.35. The van der Waals surface area contributed by atoms with Gasteiger partial charge in [-0.1, -0.05) is 24.3 Å². The topological polar surface area (TPSA) is 54.7 Å². The molecule has 2 heterocycles. The van der Waals surface area contributed by atoms with Crippen molar-refractivity contribution >= 4 is 11.6 Å². The molecule has 6 heteroatoms. The van der Waals surface area contributed by atoms with Gasteiger partial charge in [0, 0.05) is 38.2 Å². The van der Waals surface area contributed by atoms with E-state index in [2.05, 4.69) is 10.2 Å². The molecule has 1 amide bonds. The highest BCUT2D eigenvalue weighted by Gasteiger charge is 2.12. The van der Waals surface area contributed by atoms with Crippen molar-refractivity contribution in [3.8, 4) is 11.3 Å². The maximum absolute atomic E-state index is 13.9. The van der Waals surface area contributed by atoms with Gasteiger partial charge in [-0.2, -0.15) is 0 Å². The number of ether oxygens (including phenoxy) is 1. The van der Waals surface area contributed by atoms with E-state index in [4.69, 9.17) is 9.15 Å². The summed E-state index contributed by atoms with van der Waals surface area (Å²) in [5.41, 5.74) is 2.41. The van der Waals surface area contributed by atoms with Crippen molar-refractivity contribution in [1.82, 2.24) is 4.90 Å². The Kier molecular flexibility index (Phi) is 6.57. The summed E-state index contributed by atoms with van der Waals surface area (Å²) in [6.07, 6.45) is 0.745. The summed E-state index contributed by atoms with van der Waals surface area (Å²) in [7, 11) is 0. The molecule has 0 bridgehead atoms. The number of morpholine rings is 1. The fourth-order valence-electron chi connectivity index (χ4n) is 3.49. The van der Waals surface area contributed by atoms with Crippen LogP contribution in [0.2, 0.25) is 0 Å². The first kappa shape index (κ1) is 20.3. The first-order valence-corrected chi connectivity index (χ1v) is 10.2. The molecule has 5 nitrogen and oxygen atoms in total. The number of carbonyl (C=O) groups excluding carboxylic acids is 1. The summed E-state index contributed by atoms with van der Waals surface area (Å²) in [6.45, 7) is 4.35. The van der Waals surface area contributed by atoms with Crippen molar-refractivity contribution in [3.63, 3.8) is 0 Å². The molecule has 2 aromatic carbocycles. The predicted molar refractivity (Wildman–Crippen MR) is 114 cm³/mol. The number of furan rings is 1. The summed E-state index contributed by atoms with van der Waals surface area (Å²) < 4.78 is 24.9. The molecule has 1 saturated heterocycles. The Morgan fingerprint density at radius 2 is 1.77 bits per heavy atom. The van der Waals surface area contributed by atoms with Crippen LogP contribution in [-0.2, 0) is 22.5 Å². The Bertz CT molecular complexity index is 978. The molecule has 0 atom stereocenters. The lowest BCUT2D eigenvalue weighted by Gasteiger charge is -2.26. The van der Waals surface area contributed by atoms with Gasteiger partial charge in [0.05, 0.1) is 18.8 Å². The van der Waals surface area contributed by atoms with Crippen LogP contribution in [0.15, 0.2) is 65.1 Å². The number of benzene rings is 2. The number of nitrogens with one attached hydrogen (secondary N) is 1. The van der Waals surface area contributed by atoms with Gasteiger partial charge in [-0.25, -0.2) is 4.39 Å². The monoisotopic (exact) mass is 408 g/mol. The van der Waals surface area contributed by atoms with Crippen LogP contribution in [0.1, 0.15) is 17.7 Å². The van der Waals surface area contributed by atoms with Gasteiger partial charge in [-0.3, -0.25) is 9.69 Å². The molecule has 0 saturated carbocycles. The molecule has 0 aliphatic carbocycles. The smallest absolute Gasteiger partial charge is 0.224 e. The number of carbonyl (C=O) groups is 1. The fourth-order valence-corrected chi connectivity index (χ4v) is 3.49. The lowest BCUT2D eigenvalue weighted by atomic mass is 10.1. The highest BCUT2D eigenvalue weighted by molar-refractivity contribution is 5.90. The largest absolute Gasteiger partial charge is 0.461 e. The fraction of sp³-hybridized carbons (Fsp3) is 0.292. The molecule has 1 aliphatic heterocycles. The van der Waals surface area contributed by atoms with E-state index in [0.29, 0.717) is 29.9 Å². The molecule has 0 radical (unpaired) electrons. The van der Waals surface area contributed by atoms with Crippen molar-refractivity contribution in [2.45, 2.75) is 19.4 Å². The summed E-state index contributed by atoms with van der Waals surface area (Å²) in [5.74, 6) is 0.719. The molecule has 30 heavy (non-hydrogen) atoms. The van der Waals surface area contributed by atoms with Gasteiger partial charge in [0.25, 0.3) is 0 Å². The number of anilines is 1. The van der Waals surface area contributed by atoms with E-state index in [0.717, 1.165) is 38.5 Å². The molecular formula is C24H25FN2O3. The van der Waals surface area contributed by atoms with Gasteiger partial charge in [-0.05, 0) is 42.0 Å². The third-order valence-corrected chi connectivity index (χ3v) is 5.15. The van der Waals surface area contributed by atoms with Gasteiger partial charge in [0.15, 0.2) is 0 Å². The number of hydrogen-bond acceptors (Lipinski definition) is 4. The number of aryl methyl sites for hydroxylation is 1. The number of amides is 1. The molecule has 0 spiro atoms. The molecule has 0 unspecified atom stereocenters. The zero-order chi connectivity index (χ0) is 20.8. The standard InChI is InChI=1S/C24H25FN2O3/c25-22-4-2-1-3-21(22)23-11-9-20(30-23)10-12-24(28)26-19-7-5-18(6-8-19)17-27-13-15-29-16-14-27/h1-9,11H,10,12-17H2,(H,26,28). The van der Waals surface area contributed by atoms with Crippen molar-refractivity contribution in [3.05, 3.63) is 77.8 Å². The van der Waals surface area contributed by atoms with Crippen molar-refractivity contribution in [2.75, 3.05) is 31.6 Å². The quantitative estimate of drug-likeness (QED) is 0.626. The maximum Gasteiger partial charge on any atom is 0.224 e. The Hall–Kier alpha value is -2.96. The number of nitrogens with zero attached hydrogens (tertiary/aromatic N) is 1. The molecule has 1 fully saturated rings. The number of hydrogen-bond donors (Lipinski definition) is 1. The van der Waals surface area contributed by atoms with E-state index in [1.807, 2.05) is 24.3 Å². The SMILES string of the molecule is O=C(CCc1ccc(-c2ccccc2F)o1)Nc1ccc(CN2CCOCC2)cc1. The van der Waals surface area contributed by atoms with E-state index < -0.39 is 0 Å². The summed E-state index contributed by atoms with van der Waals surface area (Å²) in [4.78, 5) is 14.6. The number of halogens is 1. The molecule has 3 aromatic rings. The van der Waals surface area contributed by atoms with E-state index in [1.165, 1.54) is 11.6 Å². The summed E-state index contributed by atoms with van der Waals surface area (Å²) >= 11 is 0. The molecule has 1 aromatic heterocycles. The molecule has 1 aliphatic rings. The van der Waals surface area contributed by atoms with Crippen LogP contribution < -0.4 is 5.32 Å². The average molecular weight is 408 g/mol. The minimum atomic E-state index is -0.326. The minimum absolute atomic E-state index is 0.0835. The summed E-state index contributed by atoms with van der Waals surface area (Å²) in [6, 6.07) is 17.9. The highest BCUT2D eigenvalue weighted by atomic mass is 19.1. The minimum Gasteiger partial charge on any atom is -0.461 e. The zero-order valence-corrected chi connectivity index (χ0v) is 16.8. The van der Waals surface area contributed by atoms with Crippen LogP contribution in [0.4, 0.5) is 10.1 Å². The Labute approximate surface area is 175 Å². The molecule has 156 valence electrons. The maximum atomic E-state index is 13.9. The molecular weight excluding hydrogens is 383 g/mol. The van der Waals surface area contributed by atoms with Crippen LogP contribution in [-0.4, -0.2) is 37.1 Å². The van der Waals surface area contributed by atoms with Crippen LogP contribution in [0, 0.1) is 5.82 Å². The third-order valence-electron chi connectivity index (χ3n) is 5.15. The first-order valence-electron chi connectivity index (χ1n) is 10.2. The van der Waals surface area contributed by atoms with Crippen molar-refractivity contribution in [2.24, 2.45) is 0 Å².